The maximum absolute atomic E-state index is 11.6. The molecule has 1 rings (SSSR count). The Morgan fingerprint density at radius 1 is 1.32 bits per heavy atom. The average molecular weight is 309 g/mol. The van der Waals surface area contributed by atoms with E-state index in [2.05, 4.69) is 15.6 Å². The van der Waals surface area contributed by atoms with Crippen LogP contribution in [-0.4, -0.2) is 34.9 Å². The predicted molar refractivity (Wildman–Crippen MR) is 88.1 cm³/mol. The average Bonchev–Trinajstić information content (AvgIpc) is 2.44. The fourth-order valence-corrected chi connectivity index (χ4v) is 1.59. The number of nitrogens with one attached hydrogen (secondary N) is 2. The normalized spacial score (nSPS) is 14.1. The van der Waals surface area contributed by atoms with Gasteiger partial charge < -0.3 is 15.2 Å². The number of hydrogen-bond acceptors (Lipinski definition) is 5. The second-order valence-electron chi connectivity index (χ2n) is 6.73. The second kappa shape index (κ2) is 7.45. The minimum Gasteiger partial charge on any atom is -0.444 e. The van der Waals surface area contributed by atoms with Crippen LogP contribution in [0.15, 0.2) is 18.3 Å². The summed E-state index contributed by atoms with van der Waals surface area (Å²) in [6.07, 6.45) is 1.99. The van der Waals surface area contributed by atoms with E-state index < -0.39 is 11.7 Å². The van der Waals surface area contributed by atoms with Crippen molar-refractivity contribution in [2.24, 2.45) is 5.41 Å². The molecule has 1 aromatic heterocycles. The Bertz CT molecular complexity index is 476. The maximum atomic E-state index is 11.6. The molecule has 0 saturated carbocycles. The van der Waals surface area contributed by atoms with E-state index in [1.807, 2.05) is 19.9 Å². The highest BCUT2D eigenvalue weighted by atomic mass is 16.6. The van der Waals surface area contributed by atoms with Crippen LogP contribution < -0.4 is 10.6 Å². The number of ether oxygens (including phenoxy) is 1. The van der Waals surface area contributed by atoms with Gasteiger partial charge in [0.25, 0.3) is 0 Å². The molecule has 0 fully saturated rings. The third-order valence-electron chi connectivity index (χ3n) is 3.35. The summed E-state index contributed by atoms with van der Waals surface area (Å²) in [5.74, 6) is 0.431. The minimum absolute atomic E-state index is 0.127. The zero-order valence-corrected chi connectivity index (χ0v) is 14.1. The number of aliphatic hydroxyl groups excluding tert-OH is 1. The maximum Gasteiger partial charge on any atom is 0.413 e. The molecule has 3 N–H and O–H groups in total. The summed E-state index contributed by atoms with van der Waals surface area (Å²) in [7, 11) is 0. The Kier molecular flexibility index (Phi) is 6.17. The molecule has 0 aliphatic carbocycles. The summed E-state index contributed by atoms with van der Waals surface area (Å²) < 4.78 is 5.16. The summed E-state index contributed by atoms with van der Waals surface area (Å²) >= 11 is 0. The predicted octanol–water partition coefficient (Wildman–Crippen LogP) is 3.25. The summed E-state index contributed by atoms with van der Waals surface area (Å²) in [5, 5.41) is 15.2. The van der Waals surface area contributed by atoms with Gasteiger partial charge in [0.1, 0.15) is 11.4 Å². The molecule has 1 atom stereocenters. The summed E-state index contributed by atoms with van der Waals surface area (Å²) in [5.41, 5.74) is 0.136. The molecule has 0 bridgehead atoms. The highest BCUT2D eigenvalue weighted by Crippen LogP contribution is 2.21. The smallest absolute Gasteiger partial charge is 0.413 e. The van der Waals surface area contributed by atoms with Gasteiger partial charge in [0, 0.05) is 12.0 Å². The number of anilines is 2. The van der Waals surface area contributed by atoms with Gasteiger partial charge in [0.2, 0.25) is 0 Å². The van der Waals surface area contributed by atoms with Gasteiger partial charge in [-0.15, -0.1) is 0 Å². The summed E-state index contributed by atoms with van der Waals surface area (Å²) in [4.78, 5) is 15.8. The van der Waals surface area contributed by atoms with Crippen molar-refractivity contribution in [3.63, 3.8) is 0 Å². The minimum atomic E-state index is -0.541. The van der Waals surface area contributed by atoms with Crippen LogP contribution in [0.1, 0.15) is 41.0 Å². The first-order valence-corrected chi connectivity index (χ1v) is 7.48. The van der Waals surface area contributed by atoms with Gasteiger partial charge in [0.15, 0.2) is 0 Å². The first-order chi connectivity index (χ1) is 10.2. The lowest BCUT2D eigenvalue weighted by atomic mass is 9.88. The topological polar surface area (TPSA) is 83.5 Å². The fourth-order valence-electron chi connectivity index (χ4n) is 1.59. The lowest BCUT2D eigenvalue weighted by Gasteiger charge is -2.26. The quantitative estimate of drug-likeness (QED) is 0.751. The van der Waals surface area contributed by atoms with E-state index in [4.69, 9.17) is 4.74 Å². The van der Waals surface area contributed by atoms with Crippen LogP contribution in [0.4, 0.5) is 16.3 Å². The van der Waals surface area contributed by atoms with Crippen molar-refractivity contribution in [2.45, 2.75) is 46.6 Å². The van der Waals surface area contributed by atoms with E-state index in [0.29, 0.717) is 12.4 Å². The first-order valence-electron chi connectivity index (χ1n) is 7.48. The van der Waals surface area contributed by atoms with Gasteiger partial charge >= 0.3 is 6.09 Å². The molecule has 1 aromatic rings. The Balaban J connectivity index is 2.55. The van der Waals surface area contributed by atoms with Crippen LogP contribution in [0.5, 0.6) is 0 Å². The fraction of sp³-hybridized carbons (Fsp3) is 0.625. The zero-order valence-electron chi connectivity index (χ0n) is 14.1. The Morgan fingerprint density at radius 2 is 2.00 bits per heavy atom. The van der Waals surface area contributed by atoms with Crippen LogP contribution in [0.25, 0.3) is 0 Å². The van der Waals surface area contributed by atoms with Gasteiger partial charge in [0.05, 0.1) is 18.5 Å². The van der Waals surface area contributed by atoms with Crippen molar-refractivity contribution < 1.29 is 14.6 Å². The lowest BCUT2D eigenvalue weighted by molar-refractivity contribution is 0.0635. The first kappa shape index (κ1) is 18.2. The molecular formula is C16H27N3O3. The molecule has 0 aromatic carbocycles. The van der Waals surface area contributed by atoms with E-state index in [0.717, 1.165) is 12.1 Å². The number of hydrogen-bond donors (Lipinski definition) is 3. The van der Waals surface area contributed by atoms with E-state index in [9.17, 15) is 9.90 Å². The Hall–Kier alpha value is -1.82. The number of aromatic nitrogens is 1. The van der Waals surface area contributed by atoms with Crippen molar-refractivity contribution in [1.29, 1.82) is 0 Å². The molecule has 0 saturated heterocycles. The second-order valence-corrected chi connectivity index (χ2v) is 6.73. The number of nitrogens with zero attached hydrogens (tertiary/aromatic N) is 1. The Labute approximate surface area is 132 Å². The van der Waals surface area contributed by atoms with E-state index in [-0.39, 0.29) is 12.0 Å². The van der Waals surface area contributed by atoms with Crippen LogP contribution >= 0.6 is 0 Å². The van der Waals surface area contributed by atoms with Crippen molar-refractivity contribution in [3.05, 3.63) is 18.3 Å². The molecule has 1 amide bonds. The molecule has 0 radical (unpaired) electrons. The summed E-state index contributed by atoms with van der Waals surface area (Å²) in [6.45, 7) is 10.3. The van der Waals surface area contributed by atoms with E-state index >= 15 is 0 Å². The number of carbonyl (C=O) groups excluding carboxylic acids is 1. The van der Waals surface area contributed by atoms with Crippen molar-refractivity contribution in [3.8, 4) is 0 Å². The van der Waals surface area contributed by atoms with Gasteiger partial charge in [-0.3, -0.25) is 5.32 Å². The SMILES string of the molecule is CCC(C)(CO)CNc1ccc(NC(=O)OC(C)(C)C)nc1. The van der Waals surface area contributed by atoms with Crippen molar-refractivity contribution in [1.82, 2.24) is 4.98 Å². The highest BCUT2D eigenvalue weighted by Gasteiger charge is 2.20. The number of pyridine rings is 1. The highest BCUT2D eigenvalue weighted by molar-refractivity contribution is 5.83. The standard InChI is InChI=1S/C16H27N3O3/c1-6-16(5,11-20)10-18-12-7-8-13(17-9-12)19-14(21)22-15(2,3)4/h7-9,18,20H,6,10-11H2,1-5H3,(H,17,19,21). The molecule has 0 spiro atoms. The van der Waals surface area contributed by atoms with Crippen molar-refractivity contribution in [2.75, 3.05) is 23.8 Å². The Morgan fingerprint density at radius 3 is 2.45 bits per heavy atom. The van der Waals surface area contributed by atoms with Crippen LogP contribution in [-0.2, 0) is 4.74 Å². The van der Waals surface area contributed by atoms with Crippen LogP contribution in [0, 0.1) is 5.41 Å². The lowest BCUT2D eigenvalue weighted by Crippen LogP contribution is -2.29. The monoisotopic (exact) mass is 309 g/mol. The van der Waals surface area contributed by atoms with Crippen LogP contribution in [0.2, 0.25) is 0 Å². The van der Waals surface area contributed by atoms with Crippen LogP contribution in [0.3, 0.4) is 0 Å². The third kappa shape index (κ3) is 6.30. The molecule has 0 aliphatic rings. The molecule has 1 unspecified atom stereocenters. The number of rotatable bonds is 6. The molecular weight excluding hydrogens is 282 g/mol. The molecule has 6 nitrogen and oxygen atoms in total. The van der Waals surface area contributed by atoms with E-state index in [1.165, 1.54) is 0 Å². The van der Waals surface area contributed by atoms with Crippen molar-refractivity contribution >= 4 is 17.6 Å². The van der Waals surface area contributed by atoms with E-state index in [1.54, 1.807) is 33.0 Å². The third-order valence-corrected chi connectivity index (χ3v) is 3.35. The molecule has 124 valence electrons. The van der Waals surface area contributed by atoms with Gasteiger partial charge in [-0.25, -0.2) is 9.78 Å². The molecule has 1 heterocycles. The van der Waals surface area contributed by atoms with Gasteiger partial charge in [-0.2, -0.15) is 0 Å². The molecule has 6 heteroatoms. The largest absolute Gasteiger partial charge is 0.444 e. The number of aliphatic hydroxyl groups is 1. The number of carbonyl (C=O) groups is 1. The summed E-state index contributed by atoms with van der Waals surface area (Å²) in [6, 6.07) is 3.53. The van der Waals surface area contributed by atoms with Gasteiger partial charge in [-0.05, 0) is 39.3 Å². The molecule has 22 heavy (non-hydrogen) atoms. The van der Waals surface area contributed by atoms with Gasteiger partial charge in [-0.1, -0.05) is 13.8 Å². The number of amides is 1. The zero-order chi connectivity index (χ0) is 16.8. The molecule has 0 aliphatic heterocycles.